The van der Waals surface area contributed by atoms with E-state index < -0.39 is 0 Å². The predicted molar refractivity (Wildman–Crippen MR) is 87.5 cm³/mol. The number of rotatable bonds is 2. The zero-order valence-electron chi connectivity index (χ0n) is 13.6. The van der Waals surface area contributed by atoms with Crippen LogP contribution in [0.4, 0.5) is 4.39 Å². The molecule has 0 spiro atoms. The van der Waals surface area contributed by atoms with E-state index in [-0.39, 0.29) is 28.8 Å². The van der Waals surface area contributed by atoms with E-state index in [1.807, 2.05) is 0 Å². The predicted octanol–water partition coefficient (Wildman–Crippen LogP) is 2.34. The quantitative estimate of drug-likeness (QED) is 0.919. The highest BCUT2D eigenvalue weighted by Crippen LogP contribution is 2.23. The van der Waals surface area contributed by atoms with Crippen molar-refractivity contribution in [3.05, 3.63) is 68.9 Å². The van der Waals surface area contributed by atoms with Crippen LogP contribution in [0.15, 0.2) is 35.1 Å². The number of aromatic nitrogens is 1. The van der Waals surface area contributed by atoms with Gasteiger partial charge in [0.2, 0.25) is 0 Å². The number of morpholine rings is 1. The lowest BCUT2D eigenvalue weighted by Crippen LogP contribution is -2.44. The average molecular weight is 330 g/mol. The first kappa shape index (κ1) is 16.4. The van der Waals surface area contributed by atoms with Gasteiger partial charge in [-0.2, -0.15) is 0 Å². The third-order valence-corrected chi connectivity index (χ3v) is 4.16. The molecule has 0 radical (unpaired) electrons. The van der Waals surface area contributed by atoms with Crippen molar-refractivity contribution in [2.45, 2.75) is 20.0 Å². The molecule has 1 aliphatic rings. The summed E-state index contributed by atoms with van der Waals surface area (Å²) in [7, 11) is 0. The summed E-state index contributed by atoms with van der Waals surface area (Å²) in [6, 6.07) is 7.47. The minimum absolute atomic E-state index is 0.167. The van der Waals surface area contributed by atoms with Gasteiger partial charge in [0.25, 0.3) is 5.91 Å². The maximum Gasteiger partial charge on any atom is 0.259 e. The molecule has 0 saturated carbocycles. The first-order valence-corrected chi connectivity index (χ1v) is 7.82. The van der Waals surface area contributed by atoms with E-state index >= 15 is 0 Å². The molecule has 2 heterocycles. The molecule has 24 heavy (non-hydrogen) atoms. The highest BCUT2D eigenvalue weighted by molar-refractivity contribution is 5.95. The van der Waals surface area contributed by atoms with E-state index in [2.05, 4.69) is 4.98 Å². The molecule has 0 bridgehead atoms. The van der Waals surface area contributed by atoms with E-state index in [1.54, 1.807) is 30.9 Å². The Labute approximate surface area is 139 Å². The van der Waals surface area contributed by atoms with Crippen LogP contribution in [0.2, 0.25) is 0 Å². The van der Waals surface area contributed by atoms with Gasteiger partial charge in [0.1, 0.15) is 17.5 Å². The van der Waals surface area contributed by atoms with Crippen molar-refractivity contribution >= 4 is 5.91 Å². The maximum atomic E-state index is 13.1. The van der Waals surface area contributed by atoms with E-state index in [0.717, 1.165) is 11.3 Å². The Kier molecular flexibility index (Phi) is 4.49. The number of hydrogen-bond donors (Lipinski definition) is 1. The molecule has 2 aromatic rings. The van der Waals surface area contributed by atoms with Crippen LogP contribution in [0, 0.1) is 19.7 Å². The third-order valence-electron chi connectivity index (χ3n) is 4.16. The minimum atomic E-state index is -0.326. The topological polar surface area (TPSA) is 62.4 Å². The number of H-pyrrole nitrogens is 1. The van der Waals surface area contributed by atoms with Crippen molar-refractivity contribution in [3.63, 3.8) is 0 Å². The molecule has 5 nitrogen and oxygen atoms in total. The van der Waals surface area contributed by atoms with Crippen LogP contribution >= 0.6 is 0 Å². The Morgan fingerprint density at radius 3 is 2.67 bits per heavy atom. The van der Waals surface area contributed by atoms with Gasteiger partial charge in [-0.05, 0) is 31.5 Å². The first-order chi connectivity index (χ1) is 11.5. The van der Waals surface area contributed by atoms with Crippen molar-refractivity contribution in [3.8, 4) is 0 Å². The number of carbonyl (C=O) groups is 1. The lowest BCUT2D eigenvalue weighted by Gasteiger charge is -2.33. The number of nitrogens with one attached hydrogen (secondary N) is 1. The number of pyridine rings is 1. The van der Waals surface area contributed by atoms with Crippen LogP contribution in [0.1, 0.15) is 33.4 Å². The number of halogens is 1. The summed E-state index contributed by atoms with van der Waals surface area (Å²) in [6.07, 6.45) is -0.326. The Morgan fingerprint density at radius 1 is 1.29 bits per heavy atom. The van der Waals surface area contributed by atoms with Gasteiger partial charge in [0, 0.05) is 24.0 Å². The molecule has 1 aromatic heterocycles. The van der Waals surface area contributed by atoms with Gasteiger partial charge < -0.3 is 14.6 Å². The smallest absolute Gasteiger partial charge is 0.259 e. The number of amides is 1. The van der Waals surface area contributed by atoms with Gasteiger partial charge in [-0.15, -0.1) is 0 Å². The Bertz CT molecular complexity index is 814. The lowest BCUT2D eigenvalue weighted by molar-refractivity contribution is -0.0229. The highest BCUT2D eigenvalue weighted by atomic mass is 19.1. The minimum Gasteiger partial charge on any atom is -0.370 e. The summed E-state index contributed by atoms with van der Waals surface area (Å²) in [4.78, 5) is 29.6. The van der Waals surface area contributed by atoms with Crippen LogP contribution in [0.3, 0.4) is 0 Å². The second kappa shape index (κ2) is 6.57. The highest BCUT2D eigenvalue weighted by Gasteiger charge is 2.28. The molecule has 1 saturated heterocycles. The Morgan fingerprint density at radius 2 is 2.00 bits per heavy atom. The van der Waals surface area contributed by atoms with E-state index in [9.17, 15) is 14.0 Å². The van der Waals surface area contributed by atoms with Gasteiger partial charge >= 0.3 is 0 Å². The summed E-state index contributed by atoms with van der Waals surface area (Å²) in [5.41, 5.74) is 1.98. The SMILES string of the molecule is Cc1cc(=O)c(C(=O)N2CCOC(c3ccc(F)cc3)C2)c(C)[nH]1. The number of nitrogens with zero attached hydrogens (tertiary/aromatic N) is 1. The molecule has 6 heteroatoms. The van der Waals surface area contributed by atoms with Crippen molar-refractivity contribution in [2.24, 2.45) is 0 Å². The first-order valence-electron chi connectivity index (χ1n) is 7.82. The average Bonchev–Trinajstić information content (AvgIpc) is 2.54. The molecular weight excluding hydrogens is 311 g/mol. The number of carbonyl (C=O) groups excluding carboxylic acids is 1. The summed E-state index contributed by atoms with van der Waals surface area (Å²) >= 11 is 0. The number of ether oxygens (including phenoxy) is 1. The van der Waals surface area contributed by atoms with Gasteiger partial charge in [0.15, 0.2) is 5.43 Å². The second-order valence-corrected chi connectivity index (χ2v) is 5.98. The number of hydrogen-bond acceptors (Lipinski definition) is 3. The van der Waals surface area contributed by atoms with Gasteiger partial charge in [-0.1, -0.05) is 12.1 Å². The van der Waals surface area contributed by atoms with E-state index in [1.165, 1.54) is 18.2 Å². The summed E-state index contributed by atoms with van der Waals surface area (Å²) in [5, 5.41) is 0. The number of aryl methyl sites for hydroxylation is 2. The van der Waals surface area contributed by atoms with E-state index in [4.69, 9.17) is 4.74 Å². The zero-order chi connectivity index (χ0) is 17.3. The molecule has 1 fully saturated rings. The maximum absolute atomic E-state index is 13.1. The summed E-state index contributed by atoms with van der Waals surface area (Å²) < 4.78 is 18.8. The molecule has 1 N–H and O–H groups in total. The molecule has 1 amide bonds. The van der Waals surface area contributed by atoms with Crippen LogP contribution < -0.4 is 5.43 Å². The lowest BCUT2D eigenvalue weighted by atomic mass is 10.1. The normalized spacial score (nSPS) is 17.8. The standard InChI is InChI=1S/C18H19FN2O3/c1-11-9-15(22)17(12(2)20-11)18(23)21-7-8-24-16(10-21)13-3-5-14(19)6-4-13/h3-6,9,16H,7-8,10H2,1-2H3,(H,20,22). The molecule has 1 atom stereocenters. The second-order valence-electron chi connectivity index (χ2n) is 5.98. The monoisotopic (exact) mass is 330 g/mol. The van der Waals surface area contributed by atoms with Gasteiger partial charge in [0.05, 0.1) is 13.2 Å². The van der Waals surface area contributed by atoms with Crippen molar-refractivity contribution in [2.75, 3.05) is 19.7 Å². The Balaban J connectivity index is 1.83. The third kappa shape index (κ3) is 3.23. The van der Waals surface area contributed by atoms with Crippen LogP contribution in [0.5, 0.6) is 0 Å². The largest absolute Gasteiger partial charge is 0.370 e. The molecule has 0 aliphatic carbocycles. The molecular formula is C18H19FN2O3. The van der Waals surface area contributed by atoms with Crippen molar-refractivity contribution in [1.29, 1.82) is 0 Å². The van der Waals surface area contributed by atoms with Gasteiger partial charge in [-0.3, -0.25) is 9.59 Å². The van der Waals surface area contributed by atoms with Gasteiger partial charge in [-0.25, -0.2) is 4.39 Å². The van der Waals surface area contributed by atoms with E-state index in [0.29, 0.717) is 25.4 Å². The molecule has 126 valence electrons. The number of benzene rings is 1. The fraction of sp³-hybridized carbons (Fsp3) is 0.333. The van der Waals surface area contributed by atoms with Crippen LogP contribution in [0.25, 0.3) is 0 Å². The fourth-order valence-electron chi connectivity index (χ4n) is 2.98. The van der Waals surface area contributed by atoms with Crippen LogP contribution in [-0.4, -0.2) is 35.5 Å². The molecule has 1 unspecified atom stereocenters. The van der Waals surface area contributed by atoms with Crippen molar-refractivity contribution < 1.29 is 13.9 Å². The fourth-order valence-corrected chi connectivity index (χ4v) is 2.98. The zero-order valence-corrected chi connectivity index (χ0v) is 13.6. The molecule has 1 aromatic carbocycles. The number of aromatic amines is 1. The summed E-state index contributed by atoms with van der Waals surface area (Å²) in [5.74, 6) is -0.617. The molecule has 1 aliphatic heterocycles. The van der Waals surface area contributed by atoms with Crippen molar-refractivity contribution in [1.82, 2.24) is 9.88 Å². The Hall–Kier alpha value is -2.47. The molecule has 3 rings (SSSR count). The van der Waals surface area contributed by atoms with Crippen LogP contribution in [-0.2, 0) is 4.74 Å². The summed E-state index contributed by atoms with van der Waals surface area (Å²) in [6.45, 7) is 4.62.